The number of nitrogens with one attached hydrogen (secondary N) is 2. The van der Waals surface area contributed by atoms with Gasteiger partial charge in [-0.1, -0.05) is 52.8 Å². The van der Waals surface area contributed by atoms with Crippen molar-refractivity contribution in [3.8, 4) is 0 Å². The van der Waals surface area contributed by atoms with Crippen LogP contribution in [0.25, 0.3) is 6.08 Å². The number of likely N-dealkylation sites (N-methyl/N-ethyl adjacent to an activating group) is 2. The SMILES string of the molecule is CC[C@H]1OC(=O)[C@H](C)[C@@H](O[C@H]2CC(C)(C)[C@@H](OC(=O)NNC(=O)/C=C/c3ccccc3F)[C@H](C)O2)[C@H](C)[C@@H](O[C@@H]2O[C@H](C)C[C@H](N(C)C)[C@H]2O)[C@@](C)(O)C[C@@H](C)CN(C)[C@H](C)[C@H]2OC(=O)O[C@H]21. The van der Waals surface area contributed by atoms with Crippen molar-refractivity contribution >= 4 is 30.2 Å². The first kappa shape index (κ1) is 54.0. The molecule has 67 heavy (non-hydrogen) atoms. The molecule has 0 aliphatic carbocycles. The van der Waals surface area contributed by atoms with Gasteiger partial charge >= 0.3 is 18.2 Å². The van der Waals surface area contributed by atoms with E-state index in [2.05, 4.69) is 10.9 Å². The number of benzene rings is 1. The molecule has 19 heteroatoms. The first-order valence-corrected chi connectivity index (χ1v) is 23.5. The number of cyclic esters (lactones) is 1. The Hall–Kier alpha value is -3.95. The van der Waals surface area contributed by atoms with Gasteiger partial charge in [-0.3, -0.25) is 19.9 Å². The van der Waals surface area contributed by atoms with Gasteiger partial charge in [0.2, 0.25) is 0 Å². The van der Waals surface area contributed by atoms with Crippen molar-refractivity contribution in [2.24, 2.45) is 23.2 Å². The van der Waals surface area contributed by atoms with Gasteiger partial charge in [0.25, 0.3) is 5.91 Å². The second-order valence-corrected chi connectivity index (χ2v) is 20.3. The summed E-state index contributed by atoms with van der Waals surface area (Å²) in [6.45, 7) is 18.6. The number of carbonyl (C=O) groups excluding carboxylic acids is 4. The fourth-order valence-corrected chi connectivity index (χ4v) is 10.2. The Balaban J connectivity index is 1.43. The molecule has 4 N–H and O–H groups in total. The molecular formula is C48H75FN4O14. The zero-order chi connectivity index (χ0) is 49.7. The van der Waals surface area contributed by atoms with Gasteiger partial charge in [-0.2, -0.15) is 0 Å². The van der Waals surface area contributed by atoms with E-state index in [9.17, 15) is 33.8 Å². The Kier molecular flexibility index (Phi) is 18.3. The molecule has 378 valence electrons. The second kappa shape index (κ2) is 22.6. The highest BCUT2D eigenvalue weighted by molar-refractivity contribution is 5.92. The summed E-state index contributed by atoms with van der Waals surface area (Å²) in [4.78, 5) is 56.6. The number of ether oxygens (including phenoxy) is 8. The van der Waals surface area contributed by atoms with Crippen LogP contribution in [-0.2, 0) is 47.5 Å². The van der Waals surface area contributed by atoms with E-state index in [1.807, 2.05) is 72.5 Å². The minimum atomic E-state index is -1.61. The summed E-state index contributed by atoms with van der Waals surface area (Å²) in [5.74, 6) is -3.93. The van der Waals surface area contributed by atoms with Crippen molar-refractivity contribution in [3.05, 3.63) is 41.7 Å². The average Bonchev–Trinajstić information content (AvgIpc) is 3.64. The van der Waals surface area contributed by atoms with E-state index >= 15 is 0 Å². The van der Waals surface area contributed by atoms with E-state index in [1.165, 1.54) is 24.3 Å². The topological polar surface area (TPSA) is 213 Å². The molecule has 17 atom stereocenters. The number of aliphatic hydroxyl groups excluding tert-OH is 1. The molecule has 0 saturated carbocycles. The zero-order valence-corrected chi connectivity index (χ0v) is 41.3. The maximum absolute atomic E-state index is 14.5. The molecule has 0 spiro atoms. The van der Waals surface area contributed by atoms with Crippen LogP contribution < -0.4 is 10.9 Å². The van der Waals surface area contributed by atoms with Gasteiger partial charge in [-0.25, -0.2) is 19.4 Å². The van der Waals surface area contributed by atoms with Crippen LogP contribution in [0, 0.1) is 29.0 Å². The monoisotopic (exact) mass is 951 g/mol. The first-order valence-electron chi connectivity index (χ1n) is 23.5. The summed E-state index contributed by atoms with van der Waals surface area (Å²) in [5, 5.41) is 24.4. The van der Waals surface area contributed by atoms with Crippen LogP contribution in [0.3, 0.4) is 0 Å². The van der Waals surface area contributed by atoms with Gasteiger partial charge in [0.05, 0.1) is 35.9 Å². The van der Waals surface area contributed by atoms with E-state index in [-0.39, 0.29) is 42.5 Å². The highest BCUT2D eigenvalue weighted by Crippen LogP contribution is 2.42. The summed E-state index contributed by atoms with van der Waals surface area (Å²) in [6.07, 6.45) is -8.18. The zero-order valence-electron chi connectivity index (χ0n) is 41.3. The fourth-order valence-electron chi connectivity index (χ4n) is 10.2. The molecule has 1 aromatic rings. The van der Waals surface area contributed by atoms with Crippen molar-refractivity contribution in [1.29, 1.82) is 0 Å². The molecule has 0 aromatic heterocycles. The van der Waals surface area contributed by atoms with E-state index < -0.39 is 114 Å². The average molecular weight is 951 g/mol. The van der Waals surface area contributed by atoms with Crippen LogP contribution in [0.15, 0.2) is 30.3 Å². The number of hydrazine groups is 1. The van der Waals surface area contributed by atoms with Gasteiger partial charge in [0.15, 0.2) is 24.8 Å². The van der Waals surface area contributed by atoms with Crippen molar-refractivity contribution in [2.75, 3.05) is 27.7 Å². The molecule has 5 rings (SSSR count). The number of nitrogens with zero attached hydrogens (tertiary/aromatic N) is 2. The quantitative estimate of drug-likeness (QED) is 0.112. The standard InChI is InChI=1S/C48H75FN4O14/c1-14-34-40-39(64-46(58)65-40)29(6)53(13)24-25(2)22-48(10,59)41(66-44-37(55)33(52(11)12)21-26(3)60-44)27(4)38(28(5)43(56)62-34)63-36-23-47(8,9)42(30(7)61-36)67-45(57)51-50-35(54)20-19-31-17-15-16-18-32(31)49/h15-20,25-30,33-34,36-42,44,55,59H,14,21-24H2,1-13H3,(H,50,54)(H,51,57)/b20-19+/t25-,26-,27+,28-,29-,30+,33+,34-,36+,37-,38+,39-,40+,41-,42+,44+,48+/m1/s1. The summed E-state index contributed by atoms with van der Waals surface area (Å²) in [7, 11) is 5.63. The summed E-state index contributed by atoms with van der Waals surface area (Å²) in [5.41, 5.74) is 2.21. The summed E-state index contributed by atoms with van der Waals surface area (Å²) < 4.78 is 63.7. The Morgan fingerprint density at radius 1 is 0.955 bits per heavy atom. The number of carbonyl (C=O) groups is 4. The predicted octanol–water partition coefficient (Wildman–Crippen LogP) is 4.93. The molecule has 4 heterocycles. The normalized spacial score (nSPS) is 39.0. The number of halogens is 1. The maximum Gasteiger partial charge on any atom is 0.509 e. The molecular weight excluding hydrogens is 876 g/mol. The number of fused-ring (bicyclic) bond motifs is 1. The third-order valence-corrected chi connectivity index (χ3v) is 13.8. The third kappa shape index (κ3) is 13.4. The lowest BCUT2D eigenvalue weighted by Gasteiger charge is -2.49. The van der Waals surface area contributed by atoms with Crippen molar-refractivity contribution in [1.82, 2.24) is 20.7 Å². The van der Waals surface area contributed by atoms with Gasteiger partial charge in [0, 0.05) is 48.0 Å². The van der Waals surface area contributed by atoms with Crippen molar-refractivity contribution in [2.45, 2.75) is 180 Å². The molecule has 4 aliphatic rings. The van der Waals surface area contributed by atoms with E-state index in [1.54, 1.807) is 33.8 Å². The van der Waals surface area contributed by atoms with Crippen LogP contribution in [0.2, 0.25) is 0 Å². The van der Waals surface area contributed by atoms with Crippen LogP contribution in [0.5, 0.6) is 0 Å². The van der Waals surface area contributed by atoms with Gasteiger partial charge in [-0.05, 0) is 93.1 Å². The van der Waals surface area contributed by atoms with E-state index in [4.69, 9.17) is 37.9 Å². The molecule has 4 saturated heterocycles. The number of hydrogen-bond donors (Lipinski definition) is 4. The van der Waals surface area contributed by atoms with Crippen molar-refractivity contribution in [3.63, 3.8) is 0 Å². The Labute approximate surface area is 394 Å². The van der Waals surface area contributed by atoms with Crippen LogP contribution in [0.4, 0.5) is 14.0 Å². The van der Waals surface area contributed by atoms with E-state index in [0.717, 1.165) is 6.08 Å². The number of hydrogen-bond acceptors (Lipinski definition) is 16. The van der Waals surface area contributed by atoms with Gasteiger partial charge < -0.3 is 53.0 Å². The largest absolute Gasteiger partial charge is 0.509 e. The van der Waals surface area contributed by atoms with Crippen LogP contribution >= 0.6 is 0 Å². The molecule has 4 fully saturated rings. The molecule has 4 aliphatic heterocycles. The number of aliphatic hydroxyl groups is 2. The molecule has 2 amide bonds. The highest BCUT2D eigenvalue weighted by atomic mass is 19.1. The minimum absolute atomic E-state index is 0.155. The summed E-state index contributed by atoms with van der Waals surface area (Å²) in [6, 6.07) is 5.23. The second-order valence-electron chi connectivity index (χ2n) is 20.3. The molecule has 0 bridgehead atoms. The molecule has 1 aromatic carbocycles. The highest BCUT2D eigenvalue weighted by Gasteiger charge is 2.53. The Bertz CT molecular complexity index is 1890. The lowest BCUT2D eigenvalue weighted by atomic mass is 9.77. The van der Waals surface area contributed by atoms with Gasteiger partial charge in [0.1, 0.15) is 24.1 Å². The van der Waals surface area contributed by atoms with Crippen LogP contribution in [-0.4, -0.2) is 157 Å². The van der Waals surface area contributed by atoms with E-state index in [0.29, 0.717) is 19.4 Å². The summed E-state index contributed by atoms with van der Waals surface area (Å²) >= 11 is 0. The number of esters is 1. The third-order valence-electron chi connectivity index (χ3n) is 13.8. The lowest BCUT2D eigenvalue weighted by Crippen LogP contribution is -2.60. The number of rotatable bonds is 9. The predicted molar refractivity (Wildman–Crippen MR) is 242 cm³/mol. The maximum atomic E-state index is 14.5. The smallest absolute Gasteiger partial charge is 0.458 e. The Morgan fingerprint density at radius 2 is 1.63 bits per heavy atom. The van der Waals surface area contributed by atoms with Gasteiger partial charge in [-0.15, -0.1) is 0 Å². The molecule has 18 nitrogen and oxygen atoms in total. The Morgan fingerprint density at radius 3 is 2.27 bits per heavy atom. The van der Waals surface area contributed by atoms with Crippen molar-refractivity contribution < 1.29 is 71.7 Å². The fraction of sp³-hybridized carbons (Fsp3) is 0.750. The lowest BCUT2D eigenvalue weighted by molar-refractivity contribution is -0.312. The number of amides is 2. The molecule has 0 unspecified atom stereocenters. The molecule has 0 radical (unpaired) electrons. The minimum Gasteiger partial charge on any atom is -0.458 e. The first-order chi connectivity index (χ1) is 31.3. The van der Waals surface area contributed by atoms with Crippen LogP contribution in [0.1, 0.15) is 100 Å².